The molecule has 0 saturated heterocycles. The molecule has 0 aliphatic rings. The van der Waals surface area contributed by atoms with Crippen LogP contribution in [0.4, 0.5) is 0 Å². The van der Waals surface area contributed by atoms with Crippen LogP contribution in [-0.4, -0.2) is 15.0 Å². The van der Waals surface area contributed by atoms with Crippen molar-refractivity contribution < 1.29 is 0 Å². The molecule has 40 valence electrons. The van der Waals surface area contributed by atoms with Crippen LogP contribution in [-0.2, 0) is 0 Å². The first kappa shape index (κ1) is 7.09. The van der Waals surface area contributed by atoms with Crippen molar-refractivity contribution in [2.24, 2.45) is 0 Å². The molecule has 0 atom stereocenters. The van der Waals surface area contributed by atoms with Crippen LogP contribution in [0.5, 0.6) is 0 Å². The predicted octanol–water partition coefficient (Wildman–Crippen LogP) is 1.54. The summed E-state index contributed by atoms with van der Waals surface area (Å²) in [6, 6.07) is 0. The van der Waals surface area contributed by atoms with Crippen molar-refractivity contribution in [2.75, 3.05) is 0 Å². The van der Waals surface area contributed by atoms with Gasteiger partial charge in [0, 0.05) is 9.85 Å². The van der Waals surface area contributed by atoms with Crippen LogP contribution >= 0.6 is 0 Å². The number of hydrogen-bond donors (Lipinski definition) is 0. The quantitative estimate of drug-likeness (QED) is 0.486. The van der Waals surface area contributed by atoms with E-state index >= 15 is 0 Å². The summed E-state index contributed by atoms with van der Waals surface area (Å²) < 4.78 is 0. The van der Waals surface area contributed by atoms with Gasteiger partial charge in [-0.1, -0.05) is 24.9 Å². The second-order valence-corrected chi connectivity index (χ2v) is 2.74. The van der Waals surface area contributed by atoms with Gasteiger partial charge in [0.15, 0.2) is 0 Å². The lowest BCUT2D eigenvalue weighted by molar-refractivity contribution is 0.838. The average Bonchev–Trinajstić information content (AvgIpc) is 1.61. The molecule has 0 spiro atoms. The van der Waals surface area contributed by atoms with E-state index in [-0.39, 0.29) is 0 Å². The van der Waals surface area contributed by atoms with Gasteiger partial charge in [0.05, 0.1) is 0 Å². The second-order valence-electron chi connectivity index (χ2n) is 1.88. The molecule has 0 unspecified atom stereocenters. The summed E-state index contributed by atoms with van der Waals surface area (Å²) in [5.41, 5.74) is 0. The SMILES string of the molecule is CCCCC(C)=[Si]. The van der Waals surface area contributed by atoms with E-state index in [9.17, 15) is 0 Å². The fraction of sp³-hybridized carbons (Fsp3) is 0.833. The lowest BCUT2D eigenvalue weighted by Crippen LogP contribution is -1.88. The van der Waals surface area contributed by atoms with Crippen molar-refractivity contribution in [3.63, 3.8) is 0 Å². The van der Waals surface area contributed by atoms with Gasteiger partial charge in [0.1, 0.15) is 0 Å². The topological polar surface area (TPSA) is 0 Å². The Morgan fingerprint density at radius 1 is 1.57 bits per heavy atom. The van der Waals surface area contributed by atoms with Crippen molar-refractivity contribution in [1.29, 1.82) is 0 Å². The minimum Gasteiger partial charge on any atom is -0.0917 e. The molecule has 0 fully saturated rings. The van der Waals surface area contributed by atoms with Gasteiger partial charge in [0.2, 0.25) is 0 Å². The second kappa shape index (κ2) is 4.25. The third kappa shape index (κ3) is 6.09. The minimum atomic E-state index is 1.23. The lowest BCUT2D eigenvalue weighted by atomic mass is 10.2. The highest BCUT2D eigenvalue weighted by Gasteiger charge is 1.81. The molecule has 0 amide bonds. The molecule has 0 saturated carbocycles. The summed E-state index contributed by atoms with van der Waals surface area (Å²) in [5, 5.41) is 1.36. The maximum atomic E-state index is 3.44. The van der Waals surface area contributed by atoms with E-state index < -0.39 is 0 Å². The van der Waals surface area contributed by atoms with E-state index in [0.29, 0.717) is 0 Å². The molecule has 2 radical (unpaired) electrons. The monoisotopic (exact) mass is 112 g/mol. The third-order valence-electron chi connectivity index (χ3n) is 0.905. The summed E-state index contributed by atoms with van der Waals surface area (Å²) in [4.78, 5) is 0. The largest absolute Gasteiger partial charge is 0.0917 e. The van der Waals surface area contributed by atoms with Crippen LogP contribution < -0.4 is 0 Å². The Balaban J connectivity index is 2.82. The highest BCUT2D eigenvalue weighted by atomic mass is 28.1. The van der Waals surface area contributed by atoms with Crippen LogP contribution in [0.1, 0.15) is 33.1 Å². The molecule has 0 bridgehead atoms. The Labute approximate surface area is 49.0 Å². The Kier molecular flexibility index (Phi) is 4.30. The normalized spacial score (nSPS) is 8.86. The van der Waals surface area contributed by atoms with Gasteiger partial charge < -0.3 is 0 Å². The maximum Gasteiger partial charge on any atom is 0.0284 e. The molecular weight excluding hydrogens is 100 g/mol. The summed E-state index contributed by atoms with van der Waals surface area (Å²) in [7, 11) is 3.44. The molecule has 0 aromatic carbocycles. The molecule has 1 heteroatoms. The van der Waals surface area contributed by atoms with Crippen LogP contribution in [0.15, 0.2) is 0 Å². The lowest BCUT2D eigenvalue weighted by Gasteiger charge is -1.91. The molecule has 0 rings (SSSR count). The van der Waals surface area contributed by atoms with Crippen molar-refractivity contribution in [2.45, 2.75) is 33.1 Å². The highest BCUT2D eigenvalue weighted by Crippen LogP contribution is 1.92. The first-order valence-corrected chi connectivity index (χ1v) is 3.31. The molecule has 0 aliphatic heterocycles. The first-order chi connectivity index (χ1) is 3.27. The minimum absolute atomic E-state index is 1.23. The number of unbranched alkanes of at least 4 members (excludes halogenated alkanes) is 1. The van der Waals surface area contributed by atoms with E-state index in [1.165, 1.54) is 24.4 Å². The molecule has 0 N–H and O–H groups in total. The first-order valence-electron chi connectivity index (χ1n) is 2.81. The van der Waals surface area contributed by atoms with E-state index in [1.54, 1.807) is 0 Å². The molecular formula is C6H12Si. The Morgan fingerprint density at radius 3 is 2.29 bits per heavy atom. The fourth-order valence-corrected chi connectivity index (χ4v) is 0.619. The average molecular weight is 112 g/mol. The molecule has 0 heterocycles. The Bertz CT molecular complexity index is 57.2. The van der Waals surface area contributed by atoms with Gasteiger partial charge >= 0.3 is 0 Å². The molecule has 0 aromatic rings. The zero-order valence-electron chi connectivity index (χ0n) is 5.12. The summed E-state index contributed by atoms with van der Waals surface area (Å²) in [5.74, 6) is 0. The van der Waals surface area contributed by atoms with Crippen LogP contribution in [0.3, 0.4) is 0 Å². The van der Waals surface area contributed by atoms with Gasteiger partial charge in [-0.2, -0.15) is 0 Å². The van der Waals surface area contributed by atoms with E-state index in [0.717, 1.165) is 0 Å². The smallest absolute Gasteiger partial charge is 0.0284 e. The highest BCUT2D eigenvalue weighted by molar-refractivity contribution is 6.37. The van der Waals surface area contributed by atoms with E-state index in [2.05, 4.69) is 23.7 Å². The zero-order chi connectivity index (χ0) is 5.70. The van der Waals surface area contributed by atoms with E-state index in [1.807, 2.05) is 0 Å². The van der Waals surface area contributed by atoms with Gasteiger partial charge in [0.25, 0.3) is 0 Å². The van der Waals surface area contributed by atoms with Crippen molar-refractivity contribution >= 4 is 15.0 Å². The Morgan fingerprint density at radius 2 is 2.14 bits per heavy atom. The summed E-state index contributed by atoms with van der Waals surface area (Å²) in [6.07, 6.45) is 3.84. The molecule has 0 aromatic heterocycles. The fourth-order valence-electron chi connectivity index (χ4n) is 0.442. The van der Waals surface area contributed by atoms with Crippen molar-refractivity contribution in [1.82, 2.24) is 0 Å². The molecule has 7 heavy (non-hydrogen) atoms. The molecule has 0 nitrogen and oxygen atoms in total. The summed E-state index contributed by atoms with van der Waals surface area (Å²) in [6.45, 7) is 4.31. The summed E-state index contributed by atoms with van der Waals surface area (Å²) >= 11 is 0. The standard InChI is InChI=1S/C6H12Si/c1-3-4-5-6(2)7/h3-5H2,1-2H3. The van der Waals surface area contributed by atoms with Gasteiger partial charge in [-0.25, -0.2) is 0 Å². The Hall–Kier alpha value is 0.0869. The van der Waals surface area contributed by atoms with Gasteiger partial charge in [-0.3, -0.25) is 0 Å². The molecule has 0 aliphatic carbocycles. The van der Waals surface area contributed by atoms with Gasteiger partial charge in [-0.15, -0.1) is 0 Å². The van der Waals surface area contributed by atoms with Crippen molar-refractivity contribution in [3.05, 3.63) is 0 Å². The third-order valence-corrected chi connectivity index (χ3v) is 1.16. The number of rotatable bonds is 3. The van der Waals surface area contributed by atoms with Crippen molar-refractivity contribution in [3.8, 4) is 0 Å². The van der Waals surface area contributed by atoms with E-state index in [4.69, 9.17) is 0 Å². The van der Waals surface area contributed by atoms with Crippen LogP contribution in [0, 0.1) is 0 Å². The zero-order valence-corrected chi connectivity index (χ0v) is 6.12. The number of hydrogen-bond acceptors (Lipinski definition) is 0. The van der Waals surface area contributed by atoms with Gasteiger partial charge in [-0.05, 0) is 13.3 Å². The van der Waals surface area contributed by atoms with Crippen LogP contribution in [0.2, 0.25) is 0 Å². The van der Waals surface area contributed by atoms with Crippen LogP contribution in [0.25, 0.3) is 0 Å². The predicted molar refractivity (Wildman–Crippen MR) is 36.0 cm³/mol. The maximum absolute atomic E-state index is 3.44.